The highest BCUT2D eigenvalue weighted by Gasteiger charge is 2.76. The first-order valence-electron chi connectivity index (χ1n) is 13.2. The van der Waals surface area contributed by atoms with Gasteiger partial charge in [-0.2, -0.15) is 0 Å². The van der Waals surface area contributed by atoms with E-state index in [1.54, 1.807) is 13.0 Å². The molecule has 1 saturated heterocycles. The minimum absolute atomic E-state index is 0.0438. The first kappa shape index (κ1) is 25.1. The Morgan fingerprint density at radius 2 is 1.89 bits per heavy atom. The number of allylic oxidation sites excluding steroid dienone is 4. The molecule has 0 bridgehead atoms. The molecular weight excluding hydrogens is 448 g/mol. The van der Waals surface area contributed by atoms with Crippen LogP contribution in [-0.4, -0.2) is 61.7 Å². The molecule has 35 heavy (non-hydrogen) atoms. The number of aliphatic hydroxyl groups is 4. The number of carbonyl (C=O) groups excluding carboxylic acids is 2. The fourth-order valence-electron chi connectivity index (χ4n) is 8.68. The predicted molar refractivity (Wildman–Crippen MR) is 128 cm³/mol. The maximum absolute atomic E-state index is 13.1. The Balaban J connectivity index is 1.46. The minimum Gasteiger partial charge on any atom is -0.465 e. The number of cyclic esters (lactones) is 1. The van der Waals surface area contributed by atoms with E-state index in [9.17, 15) is 30.0 Å². The molecule has 0 aromatic carbocycles. The van der Waals surface area contributed by atoms with Gasteiger partial charge in [0.1, 0.15) is 11.2 Å². The molecule has 0 aromatic rings. The van der Waals surface area contributed by atoms with Crippen molar-refractivity contribution in [2.75, 3.05) is 6.61 Å². The number of hydrogen-bond acceptors (Lipinski definition) is 7. The normalized spacial score (nSPS) is 49.4. The summed E-state index contributed by atoms with van der Waals surface area (Å²) in [6.45, 7) is 7.23. The van der Waals surface area contributed by atoms with Crippen molar-refractivity contribution >= 4 is 11.8 Å². The third kappa shape index (κ3) is 2.98. The van der Waals surface area contributed by atoms with Crippen LogP contribution in [0.4, 0.5) is 0 Å². The summed E-state index contributed by atoms with van der Waals surface area (Å²) in [7, 11) is 0. The number of aliphatic hydroxyl groups excluding tert-OH is 1. The highest BCUT2D eigenvalue weighted by Crippen LogP contribution is 2.70. The molecule has 4 N–H and O–H groups in total. The summed E-state index contributed by atoms with van der Waals surface area (Å²) in [6, 6.07) is 0. The van der Waals surface area contributed by atoms with Crippen LogP contribution in [0.1, 0.15) is 72.6 Å². The first-order valence-corrected chi connectivity index (χ1v) is 13.2. The van der Waals surface area contributed by atoms with E-state index in [4.69, 9.17) is 4.74 Å². The molecule has 7 heteroatoms. The van der Waals surface area contributed by atoms with Crippen molar-refractivity contribution in [3.8, 4) is 0 Å². The first-order chi connectivity index (χ1) is 16.2. The van der Waals surface area contributed by atoms with Crippen molar-refractivity contribution in [1.29, 1.82) is 0 Å². The Bertz CT molecular complexity index is 999. The summed E-state index contributed by atoms with van der Waals surface area (Å²) in [5, 5.41) is 47.4. The fraction of sp³-hybridized carbons (Fsp3) is 0.786. The van der Waals surface area contributed by atoms with Gasteiger partial charge in [-0.1, -0.05) is 31.6 Å². The predicted octanol–water partition coefficient (Wildman–Crippen LogP) is 2.45. The lowest BCUT2D eigenvalue weighted by molar-refractivity contribution is -0.278. The van der Waals surface area contributed by atoms with Gasteiger partial charge in [0.05, 0.1) is 29.6 Å². The maximum atomic E-state index is 13.1. The van der Waals surface area contributed by atoms with Crippen LogP contribution in [0.5, 0.6) is 0 Å². The summed E-state index contributed by atoms with van der Waals surface area (Å²) in [5.41, 5.74) is -5.55. The van der Waals surface area contributed by atoms with Gasteiger partial charge in [-0.05, 0) is 76.7 Å². The van der Waals surface area contributed by atoms with Crippen molar-refractivity contribution < 1.29 is 34.8 Å². The van der Waals surface area contributed by atoms with Crippen molar-refractivity contribution in [3.05, 3.63) is 23.8 Å². The second-order valence-corrected chi connectivity index (χ2v) is 12.6. The number of ketones is 1. The summed E-state index contributed by atoms with van der Waals surface area (Å²) in [5.74, 6) is -1.14. The quantitative estimate of drug-likeness (QED) is 0.354. The Hall–Kier alpha value is -1.54. The van der Waals surface area contributed by atoms with Crippen molar-refractivity contribution in [3.63, 3.8) is 0 Å². The van der Waals surface area contributed by atoms with Crippen LogP contribution in [0.15, 0.2) is 23.8 Å². The summed E-state index contributed by atoms with van der Waals surface area (Å²) in [4.78, 5) is 24.9. The molecule has 0 unspecified atom stereocenters. The smallest absolute Gasteiger partial charge is 0.309 e. The van der Waals surface area contributed by atoms with Gasteiger partial charge in [0.2, 0.25) is 0 Å². The van der Waals surface area contributed by atoms with Crippen molar-refractivity contribution in [2.45, 2.75) is 95.5 Å². The van der Waals surface area contributed by atoms with E-state index in [0.717, 1.165) is 12.0 Å². The van der Waals surface area contributed by atoms with Crippen LogP contribution in [0, 0.1) is 34.5 Å². The van der Waals surface area contributed by atoms with Gasteiger partial charge in [0, 0.05) is 11.3 Å². The Morgan fingerprint density at radius 1 is 1.17 bits per heavy atom. The lowest BCUT2D eigenvalue weighted by Crippen LogP contribution is -2.71. The molecule has 5 aliphatic rings. The maximum Gasteiger partial charge on any atom is 0.309 e. The topological polar surface area (TPSA) is 124 Å². The Morgan fingerprint density at radius 3 is 2.54 bits per heavy atom. The van der Waals surface area contributed by atoms with E-state index in [0.29, 0.717) is 19.3 Å². The van der Waals surface area contributed by atoms with Crippen LogP contribution in [-0.2, 0) is 14.3 Å². The van der Waals surface area contributed by atoms with Gasteiger partial charge in [0.25, 0.3) is 0 Å². The Labute approximate surface area is 207 Å². The van der Waals surface area contributed by atoms with Gasteiger partial charge in [0.15, 0.2) is 5.78 Å². The summed E-state index contributed by atoms with van der Waals surface area (Å²) < 4.78 is 5.11. The highest BCUT2D eigenvalue weighted by atomic mass is 16.5. The van der Waals surface area contributed by atoms with E-state index >= 15 is 0 Å². The number of esters is 1. The van der Waals surface area contributed by atoms with Crippen LogP contribution in [0.3, 0.4) is 0 Å². The van der Waals surface area contributed by atoms with Gasteiger partial charge in [-0.25, -0.2) is 0 Å². The fourth-order valence-corrected chi connectivity index (χ4v) is 8.68. The molecule has 7 nitrogen and oxygen atoms in total. The summed E-state index contributed by atoms with van der Waals surface area (Å²) >= 11 is 0. The van der Waals surface area contributed by atoms with Crippen LogP contribution in [0.25, 0.3) is 0 Å². The molecule has 4 aliphatic carbocycles. The minimum atomic E-state index is -1.91. The molecule has 1 aliphatic heterocycles. The zero-order chi connectivity index (χ0) is 25.6. The SMILES string of the molecule is C[C@H]1C(=O)OC[C@@H]1C[C@@H](O)[C@](C)(O)[C@]1(O)CC[C@@]2(O)[C@@H]3CC=C4CC=CC(=O)[C@]4(C)[C@H]3CC[C@]12C. The van der Waals surface area contributed by atoms with Gasteiger partial charge >= 0.3 is 5.97 Å². The van der Waals surface area contributed by atoms with E-state index < -0.39 is 33.7 Å². The second-order valence-electron chi connectivity index (χ2n) is 12.6. The lowest BCUT2D eigenvalue weighted by atomic mass is 9.44. The molecule has 5 rings (SSSR count). The van der Waals surface area contributed by atoms with Crippen LogP contribution in [0.2, 0.25) is 0 Å². The third-order valence-corrected chi connectivity index (χ3v) is 11.5. The number of fused-ring (bicyclic) bond motifs is 5. The molecular formula is C28H40O7. The number of carbonyl (C=O) groups is 2. The second kappa shape index (κ2) is 7.73. The van der Waals surface area contributed by atoms with E-state index in [-0.39, 0.29) is 61.3 Å². The van der Waals surface area contributed by atoms with Crippen molar-refractivity contribution in [2.24, 2.45) is 34.5 Å². The molecule has 0 aromatic heterocycles. The monoisotopic (exact) mass is 488 g/mol. The van der Waals surface area contributed by atoms with E-state index in [1.807, 2.05) is 19.9 Å². The summed E-state index contributed by atoms with van der Waals surface area (Å²) in [6.07, 6.45) is 7.39. The van der Waals surface area contributed by atoms with Gasteiger partial charge < -0.3 is 25.2 Å². The molecule has 0 radical (unpaired) electrons. The zero-order valence-electron chi connectivity index (χ0n) is 21.3. The number of ether oxygens (including phenoxy) is 1. The average molecular weight is 489 g/mol. The number of rotatable bonds is 4. The highest BCUT2D eigenvalue weighted by molar-refractivity contribution is 5.98. The third-order valence-electron chi connectivity index (χ3n) is 11.5. The van der Waals surface area contributed by atoms with Gasteiger partial charge in [-0.15, -0.1) is 0 Å². The van der Waals surface area contributed by atoms with E-state index in [1.165, 1.54) is 6.92 Å². The molecule has 2 saturated carbocycles. The molecule has 194 valence electrons. The zero-order valence-corrected chi connectivity index (χ0v) is 21.3. The molecule has 3 fully saturated rings. The molecule has 0 amide bonds. The lowest BCUT2D eigenvalue weighted by Gasteiger charge is -2.63. The van der Waals surface area contributed by atoms with Crippen molar-refractivity contribution in [1.82, 2.24) is 0 Å². The molecule has 10 atom stereocenters. The Kier molecular flexibility index (Phi) is 5.55. The molecule has 1 heterocycles. The number of hydrogen-bond donors (Lipinski definition) is 4. The van der Waals surface area contributed by atoms with Gasteiger partial charge in [-0.3, -0.25) is 9.59 Å². The van der Waals surface area contributed by atoms with Crippen LogP contribution >= 0.6 is 0 Å². The molecule has 0 spiro atoms. The standard InChI is InChI=1S/C28H40O7/c1-16-17(15-35-23(16)31)14-22(30)26(4,32)28(34)13-12-27(33)20-9-8-18-6-5-7-21(29)25(18,3)19(20)10-11-24(27,28)2/h5,7-8,16-17,19-20,22,30,32-34H,6,9-15H2,1-4H3/t16-,17+,19+,20-,22-,24+,25+,26+,27-,28+/m1/s1. The van der Waals surface area contributed by atoms with E-state index in [2.05, 4.69) is 6.08 Å². The largest absolute Gasteiger partial charge is 0.465 e. The van der Waals surface area contributed by atoms with Crippen LogP contribution < -0.4 is 0 Å². The average Bonchev–Trinajstić information content (AvgIpc) is 3.24.